The van der Waals surface area contributed by atoms with Gasteiger partial charge in [0.05, 0.1) is 11.8 Å². The van der Waals surface area contributed by atoms with Crippen LogP contribution in [-0.2, 0) is 11.8 Å². The number of fused-ring (bicyclic) bond motifs is 1. The summed E-state index contributed by atoms with van der Waals surface area (Å²) in [6.45, 7) is 0.565. The van der Waals surface area contributed by atoms with Crippen molar-refractivity contribution in [2.24, 2.45) is 18.9 Å². The number of aryl methyl sites for hydroxylation is 1. The van der Waals surface area contributed by atoms with E-state index in [4.69, 9.17) is 0 Å². The Morgan fingerprint density at radius 1 is 1.42 bits per heavy atom. The predicted molar refractivity (Wildman–Crippen MR) is 66.5 cm³/mol. The largest absolute Gasteiger partial charge is 0.480 e. The van der Waals surface area contributed by atoms with Crippen LogP contribution in [0.5, 0.6) is 0 Å². The van der Waals surface area contributed by atoms with Crippen molar-refractivity contribution >= 4 is 11.9 Å². The average molecular weight is 263 g/mol. The predicted octanol–water partition coefficient (Wildman–Crippen LogP) is 0.745. The Kier molecular flexibility index (Phi) is 2.80. The molecule has 0 spiro atoms. The van der Waals surface area contributed by atoms with Gasteiger partial charge in [-0.15, -0.1) is 0 Å². The smallest absolute Gasteiger partial charge is 0.326 e. The van der Waals surface area contributed by atoms with E-state index in [0.29, 0.717) is 18.0 Å². The molecule has 1 N–H and O–H groups in total. The van der Waals surface area contributed by atoms with Crippen LogP contribution in [0.3, 0.4) is 0 Å². The minimum absolute atomic E-state index is 0.123. The number of carbonyl (C=O) groups excluding carboxylic acids is 1. The molecule has 1 saturated heterocycles. The summed E-state index contributed by atoms with van der Waals surface area (Å²) in [4.78, 5) is 25.4. The van der Waals surface area contributed by atoms with E-state index in [1.54, 1.807) is 17.9 Å². The second-order valence-corrected chi connectivity index (χ2v) is 5.50. The standard InChI is InChI=1S/C13H17N3O3/c1-15-6-9(5-14-15)12(17)16-7-8-3-2-4-10(8)11(16)13(18)19/h5-6,8,10-11H,2-4,7H2,1H3,(H,18,19). The van der Waals surface area contributed by atoms with Crippen molar-refractivity contribution in [1.29, 1.82) is 0 Å². The number of aliphatic carboxylic acids is 1. The van der Waals surface area contributed by atoms with Crippen LogP contribution in [-0.4, -0.2) is 44.3 Å². The molecule has 0 bridgehead atoms. The zero-order valence-electron chi connectivity index (χ0n) is 10.8. The van der Waals surface area contributed by atoms with Crippen molar-refractivity contribution in [3.8, 4) is 0 Å². The maximum Gasteiger partial charge on any atom is 0.326 e. The number of amides is 1. The molecule has 0 aromatic carbocycles. The molecule has 3 rings (SSSR count). The first-order chi connectivity index (χ1) is 9.08. The zero-order valence-corrected chi connectivity index (χ0v) is 10.8. The van der Waals surface area contributed by atoms with Gasteiger partial charge < -0.3 is 10.0 Å². The molecule has 102 valence electrons. The summed E-state index contributed by atoms with van der Waals surface area (Å²) in [5, 5.41) is 13.4. The van der Waals surface area contributed by atoms with E-state index in [1.165, 1.54) is 11.1 Å². The van der Waals surface area contributed by atoms with Gasteiger partial charge in [0.1, 0.15) is 6.04 Å². The number of carbonyl (C=O) groups is 2. The van der Waals surface area contributed by atoms with Crippen LogP contribution in [0.4, 0.5) is 0 Å². The Balaban J connectivity index is 1.87. The summed E-state index contributed by atoms with van der Waals surface area (Å²) in [5.41, 5.74) is 0.466. The summed E-state index contributed by atoms with van der Waals surface area (Å²) >= 11 is 0. The lowest BCUT2D eigenvalue weighted by Gasteiger charge is -2.23. The number of likely N-dealkylation sites (tertiary alicyclic amines) is 1. The van der Waals surface area contributed by atoms with Crippen molar-refractivity contribution < 1.29 is 14.7 Å². The molecule has 19 heavy (non-hydrogen) atoms. The van der Waals surface area contributed by atoms with Crippen molar-refractivity contribution in [1.82, 2.24) is 14.7 Å². The number of carboxylic acids is 1. The van der Waals surface area contributed by atoms with Crippen LogP contribution in [0.2, 0.25) is 0 Å². The molecule has 2 heterocycles. The van der Waals surface area contributed by atoms with Crippen LogP contribution in [0.15, 0.2) is 12.4 Å². The molecule has 1 aromatic heterocycles. The Morgan fingerprint density at radius 2 is 2.21 bits per heavy atom. The van der Waals surface area contributed by atoms with Crippen LogP contribution in [0.25, 0.3) is 0 Å². The highest BCUT2D eigenvalue weighted by molar-refractivity contribution is 5.96. The first-order valence-electron chi connectivity index (χ1n) is 6.60. The van der Waals surface area contributed by atoms with Gasteiger partial charge in [0, 0.05) is 19.8 Å². The maximum absolute atomic E-state index is 12.4. The molecule has 1 aliphatic carbocycles. The molecular weight excluding hydrogens is 246 g/mol. The van der Waals surface area contributed by atoms with Gasteiger partial charge in [-0.3, -0.25) is 9.48 Å². The number of rotatable bonds is 2. The summed E-state index contributed by atoms with van der Waals surface area (Å²) in [6, 6.07) is -0.666. The third-order valence-corrected chi connectivity index (χ3v) is 4.36. The highest BCUT2D eigenvalue weighted by Gasteiger charge is 2.49. The van der Waals surface area contributed by atoms with Crippen LogP contribution >= 0.6 is 0 Å². The van der Waals surface area contributed by atoms with E-state index in [2.05, 4.69) is 5.10 Å². The Bertz CT molecular complexity index is 525. The average Bonchev–Trinajstić information content (AvgIpc) is 3.00. The normalized spacial score (nSPS) is 29.5. The Labute approximate surface area is 111 Å². The van der Waals surface area contributed by atoms with Gasteiger partial charge in [0.25, 0.3) is 5.91 Å². The highest BCUT2D eigenvalue weighted by Crippen LogP contribution is 2.42. The summed E-state index contributed by atoms with van der Waals surface area (Å²) < 4.78 is 1.56. The summed E-state index contributed by atoms with van der Waals surface area (Å²) in [7, 11) is 1.74. The second-order valence-electron chi connectivity index (χ2n) is 5.50. The van der Waals surface area contributed by atoms with Gasteiger partial charge >= 0.3 is 5.97 Å². The molecule has 1 amide bonds. The Morgan fingerprint density at radius 3 is 2.84 bits per heavy atom. The van der Waals surface area contributed by atoms with Gasteiger partial charge in [-0.05, 0) is 24.7 Å². The van der Waals surface area contributed by atoms with Crippen LogP contribution < -0.4 is 0 Å². The lowest BCUT2D eigenvalue weighted by atomic mass is 9.94. The van der Waals surface area contributed by atoms with Crippen molar-refractivity contribution in [3.63, 3.8) is 0 Å². The van der Waals surface area contributed by atoms with E-state index >= 15 is 0 Å². The third-order valence-electron chi connectivity index (χ3n) is 4.36. The van der Waals surface area contributed by atoms with E-state index in [9.17, 15) is 14.7 Å². The quantitative estimate of drug-likeness (QED) is 0.854. The first-order valence-corrected chi connectivity index (χ1v) is 6.60. The van der Waals surface area contributed by atoms with Gasteiger partial charge in [-0.2, -0.15) is 5.10 Å². The summed E-state index contributed by atoms with van der Waals surface area (Å²) in [6.07, 6.45) is 6.16. The molecule has 6 heteroatoms. The van der Waals surface area contributed by atoms with E-state index in [0.717, 1.165) is 19.3 Å². The maximum atomic E-state index is 12.4. The van der Waals surface area contributed by atoms with Gasteiger partial charge in [-0.25, -0.2) is 4.79 Å². The number of hydrogen-bond acceptors (Lipinski definition) is 3. The minimum Gasteiger partial charge on any atom is -0.480 e. The molecule has 2 fully saturated rings. The fraction of sp³-hybridized carbons (Fsp3) is 0.615. The van der Waals surface area contributed by atoms with Crippen molar-refractivity contribution in [2.75, 3.05) is 6.54 Å². The molecule has 1 saturated carbocycles. The number of aromatic nitrogens is 2. The van der Waals surface area contributed by atoms with Gasteiger partial charge in [0.2, 0.25) is 0 Å². The number of nitrogens with zero attached hydrogens (tertiary/aromatic N) is 3. The van der Waals surface area contributed by atoms with Gasteiger partial charge in [0.15, 0.2) is 0 Å². The lowest BCUT2D eigenvalue weighted by molar-refractivity contribution is -0.142. The molecule has 3 unspecified atom stereocenters. The van der Waals surface area contributed by atoms with E-state index in [1.807, 2.05) is 0 Å². The number of hydrogen-bond donors (Lipinski definition) is 1. The molecule has 1 aromatic rings. The first kappa shape index (κ1) is 12.2. The highest BCUT2D eigenvalue weighted by atomic mass is 16.4. The third kappa shape index (κ3) is 1.91. The molecule has 6 nitrogen and oxygen atoms in total. The minimum atomic E-state index is -0.883. The fourth-order valence-electron chi connectivity index (χ4n) is 3.53. The van der Waals surface area contributed by atoms with Crippen LogP contribution in [0, 0.1) is 11.8 Å². The fourth-order valence-corrected chi connectivity index (χ4v) is 3.53. The van der Waals surface area contributed by atoms with Crippen molar-refractivity contribution in [2.45, 2.75) is 25.3 Å². The van der Waals surface area contributed by atoms with Crippen molar-refractivity contribution in [3.05, 3.63) is 18.0 Å². The SMILES string of the molecule is Cn1cc(C(=O)N2CC3CCCC3C2C(=O)O)cn1. The monoisotopic (exact) mass is 263 g/mol. The van der Waals surface area contributed by atoms with Crippen LogP contribution in [0.1, 0.15) is 29.6 Å². The molecule has 2 aliphatic rings. The molecule has 0 radical (unpaired) electrons. The van der Waals surface area contributed by atoms with E-state index < -0.39 is 12.0 Å². The number of carboxylic acid groups (broad SMARTS) is 1. The van der Waals surface area contributed by atoms with E-state index in [-0.39, 0.29) is 11.8 Å². The zero-order chi connectivity index (χ0) is 13.6. The molecule has 1 aliphatic heterocycles. The summed E-state index contributed by atoms with van der Waals surface area (Å²) in [5.74, 6) is -0.624. The topological polar surface area (TPSA) is 75.4 Å². The lowest BCUT2D eigenvalue weighted by Crippen LogP contribution is -2.43. The Hall–Kier alpha value is -1.85. The molecular formula is C13H17N3O3. The molecule has 3 atom stereocenters. The van der Waals surface area contributed by atoms with Gasteiger partial charge in [-0.1, -0.05) is 6.42 Å². The second kappa shape index (κ2) is 4.36.